The molecule has 2 rings (SSSR count). The molecule has 4 heteroatoms. The summed E-state index contributed by atoms with van der Waals surface area (Å²) in [5.74, 6) is -0.322. The Labute approximate surface area is 100 Å². The third-order valence-electron chi connectivity index (χ3n) is 3.36. The van der Waals surface area contributed by atoms with Crippen molar-refractivity contribution in [3.63, 3.8) is 0 Å². The molecular weight excluding hydrogens is 221 g/mol. The topological polar surface area (TPSA) is 43.7 Å². The summed E-state index contributed by atoms with van der Waals surface area (Å²) in [6.45, 7) is 0.332. The van der Waals surface area contributed by atoms with Gasteiger partial charge in [0, 0.05) is 12.6 Å². The minimum Gasteiger partial charge on any atom is -0.395 e. The first-order valence-corrected chi connectivity index (χ1v) is 6.03. The average Bonchev–Trinajstić information content (AvgIpc) is 2.26. The highest BCUT2D eigenvalue weighted by Gasteiger charge is 2.26. The van der Waals surface area contributed by atoms with Gasteiger partial charge in [0.25, 0.3) is 0 Å². The van der Waals surface area contributed by atoms with Gasteiger partial charge >= 0.3 is 0 Å². The van der Waals surface area contributed by atoms with Crippen molar-refractivity contribution in [2.24, 2.45) is 0 Å². The molecule has 0 atom stereocenters. The lowest BCUT2D eigenvalue weighted by molar-refractivity contribution is 0.279. The van der Waals surface area contributed by atoms with Crippen molar-refractivity contribution in [2.75, 3.05) is 18.1 Å². The SMILES string of the molecule is OCCN(c1ccc(CO)cc1F)C1CCC1. The van der Waals surface area contributed by atoms with Gasteiger partial charge in [-0.1, -0.05) is 6.07 Å². The van der Waals surface area contributed by atoms with E-state index in [1.165, 1.54) is 12.5 Å². The van der Waals surface area contributed by atoms with Crippen LogP contribution in [0.5, 0.6) is 0 Å². The highest BCUT2D eigenvalue weighted by Crippen LogP contribution is 2.31. The van der Waals surface area contributed by atoms with Crippen LogP contribution in [0.15, 0.2) is 18.2 Å². The second kappa shape index (κ2) is 5.47. The lowest BCUT2D eigenvalue weighted by atomic mass is 9.91. The lowest BCUT2D eigenvalue weighted by Gasteiger charge is -2.39. The molecule has 17 heavy (non-hydrogen) atoms. The van der Waals surface area contributed by atoms with Crippen LogP contribution in [0.4, 0.5) is 10.1 Å². The van der Waals surface area contributed by atoms with E-state index in [1.54, 1.807) is 12.1 Å². The molecule has 1 fully saturated rings. The van der Waals surface area contributed by atoms with E-state index in [1.807, 2.05) is 4.90 Å². The molecule has 1 aromatic carbocycles. The normalized spacial score (nSPS) is 15.7. The van der Waals surface area contributed by atoms with Crippen LogP contribution in [0.1, 0.15) is 24.8 Å². The van der Waals surface area contributed by atoms with Crippen LogP contribution in [-0.4, -0.2) is 29.4 Å². The quantitative estimate of drug-likeness (QED) is 0.821. The van der Waals surface area contributed by atoms with E-state index in [-0.39, 0.29) is 19.0 Å². The van der Waals surface area contributed by atoms with Crippen LogP contribution < -0.4 is 4.90 Å². The molecule has 0 bridgehead atoms. The number of hydrogen-bond donors (Lipinski definition) is 2. The van der Waals surface area contributed by atoms with E-state index in [0.717, 1.165) is 12.8 Å². The zero-order valence-electron chi connectivity index (χ0n) is 9.77. The zero-order valence-corrected chi connectivity index (χ0v) is 9.77. The first-order chi connectivity index (χ1) is 8.26. The fourth-order valence-corrected chi connectivity index (χ4v) is 2.19. The first-order valence-electron chi connectivity index (χ1n) is 6.03. The summed E-state index contributed by atoms with van der Waals surface area (Å²) in [5.41, 5.74) is 1.10. The van der Waals surface area contributed by atoms with E-state index in [2.05, 4.69) is 0 Å². The summed E-state index contributed by atoms with van der Waals surface area (Å²) in [7, 11) is 0. The molecular formula is C13H18FNO2. The van der Waals surface area contributed by atoms with Crippen molar-refractivity contribution in [1.29, 1.82) is 0 Å². The number of anilines is 1. The molecule has 0 amide bonds. The summed E-state index contributed by atoms with van der Waals surface area (Å²) in [5, 5.41) is 18.0. The van der Waals surface area contributed by atoms with Gasteiger partial charge in [-0.15, -0.1) is 0 Å². The first kappa shape index (κ1) is 12.3. The second-order valence-corrected chi connectivity index (χ2v) is 4.45. The van der Waals surface area contributed by atoms with E-state index in [0.29, 0.717) is 23.8 Å². The number of aliphatic hydroxyl groups is 2. The molecule has 3 nitrogen and oxygen atoms in total. The molecule has 0 unspecified atom stereocenters. The molecule has 0 heterocycles. The molecule has 1 aliphatic carbocycles. The number of hydrogen-bond acceptors (Lipinski definition) is 3. The predicted octanol–water partition coefficient (Wildman–Crippen LogP) is 1.67. The van der Waals surface area contributed by atoms with E-state index >= 15 is 0 Å². The average molecular weight is 239 g/mol. The Morgan fingerprint density at radius 2 is 2.06 bits per heavy atom. The Hall–Kier alpha value is -1.13. The molecule has 0 aromatic heterocycles. The number of aliphatic hydroxyl groups excluding tert-OH is 2. The second-order valence-electron chi connectivity index (χ2n) is 4.45. The molecule has 94 valence electrons. The van der Waals surface area contributed by atoms with Crippen LogP contribution in [0.3, 0.4) is 0 Å². The summed E-state index contributed by atoms with van der Waals surface area (Å²) in [4.78, 5) is 1.93. The maximum absolute atomic E-state index is 13.9. The number of benzene rings is 1. The largest absolute Gasteiger partial charge is 0.395 e. The Kier molecular flexibility index (Phi) is 3.97. The number of halogens is 1. The summed E-state index contributed by atoms with van der Waals surface area (Å²) < 4.78 is 13.9. The molecule has 0 radical (unpaired) electrons. The van der Waals surface area contributed by atoms with Gasteiger partial charge in [-0.05, 0) is 37.0 Å². The molecule has 0 saturated heterocycles. The standard InChI is InChI=1S/C13H18FNO2/c14-12-8-10(9-17)4-5-13(12)15(6-7-16)11-2-1-3-11/h4-5,8,11,16-17H,1-3,6-7,9H2. The van der Waals surface area contributed by atoms with Crippen LogP contribution in [0.2, 0.25) is 0 Å². The van der Waals surface area contributed by atoms with Gasteiger partial charge in [0.15, 0.2) is 0 Å². The highest BCUT2D eigenvalue weighted by molar-refractivity contribution is 5.50. The molecule has 0 spiro atoms. The molecule has 2 N–H and O–H groups in total. The number of rotatable bonds is 5. The van der Waals surface area contributed by atoms with E-state index < -0.39 is 0 Å². The monoisotopic (exact) mass is 239 g/mol. The zero-order chi connectivity index (χ0) is 12.3. The number of nitrogens with zero attached hydrogens (tertiary/aromatic N) is 1. The van der Waals surface area contributed by atoms with Gasteiger partial charge in [0.2, 0.25) is 0 Å². The minimum absolute atomic E-state index is 0.0255. The molecule has 1 aliphatic rings. The summed E-state index contributed by atoms with van der Waals surface area (Å²) in [6.07, 6.45) is 3.28. The van der Waals surface area contributed by atoms with Gasteiger partial charge < -0.3 is 15.1 Å². The smallest absolute Gasteiger partial charge is 0.146 e. The van der Waals surface area contributed by atoms with Gasteiger partial charge in [-0.25, -0.2) is 4.39 Å². The Balaban J connectivity index is 2.22. The predicted molar refractivity (Wildman–Crippen MR) is 64.4 cm³/mol. The molecule has 0 aliphatic heterocycles. The van der Waals surface area contributed by atoms with Crippen molar-refractivity contribution in [3.8, 4) is 0 Å². The summed E-state index contributed by atoms with van der Waals surface area (Å²) in [6, 6.07) is 5.12. The Bertz CT molecular complexity index is 380. The summed E-state index contributed by atoms with van der Waals surface area (Å²) >= 11 is 0. The molecule has 1 aromatic rings. The van der Waals surface area contributed by atoms with Crippen molar-refractivity contribution < 1.29 is 14.6 Å². The van der Waals surface area contributed by atoms with Gasteiger partial charge in [-0.3, -0.25) is 0 Å². The fourth-order valence-electron chi connectivity index (χ4n) is 2.19. The third kappa shape index (κ3) is 2.58. The van der Waals surface area contributed by atoms with Gasteiger partial charge in [-0.2, -0.15) is 0 Å². The maximum Gasteiger partial charge on any atom is 0.146 e. The maximum atomic E-state index is 13.9. The lowest BCUT2D eigenvalue weighted by Crippen LogP contribution is -2.42. The van der Waals surface area contributed by atoms with Crippen molar-refractivity contribution in [1.82, 2.24) is 0 Å². The van der Waals surface area contributed by atoms with Crippen LogP contribution in [-0.2, 0) is 6.61 Å². The Morgan fingerprint density at radius 3 is 2.53 bits per heavy atom. The molecule has 1 saturated carbocycles. The third-order valence-corrected chi connectivity index (χ3v) is 3.36. The van der Waals surface area contributed by atoms with Crippen LogP contribution in [0, 0.1) is 5.82 Å². The minimum atomic E-state index is -0.322. The van der Waals surface area contributed by atoms with Gasteiger partial charge in [0.1, 0.15) is 5.82 Å². The van der Waals surface area contributed by atoms with Gasteiger partial charge in [0.05, 0.1) is 18.9 Å². The van der Waals surface area contributed by atoms with Crippen molar-refractivity contribution >= 4 is 5.69 Å². The van der Waals surface area contributed by atoms with Crippen LogP contribution >= 0.6 is 0 Å². The Morgan fingerprint density at radius 1 is 1.29 bits per heavy atom. The fraction of sp³-hybridized carbons (Fsp3) is 0.538. The van der Waals surface area contributed by atoms with Crippen molar-refractivity contribution in [2.45, 2.75) is 31.9 Å². The van der Waals surface area contributed by atoms with Crippen molar-refractivity contribution in [3.05, 3.63) is 29.6 Å². The highest BCUT2D eigenvalue weighted by atomic mass is 19.1. The van der Waals surface area contributed by atoms with E-state index in [9.17, 15) is 4.39 Å². The van der Waals surface area contributed by atoms with E-state index in [4.69, 9.17) is 10.2 Å². The van der Waals surface area contributed by atoms with Crippen LogP contribution in [0.25, 0.3) is 0 Å².